The maximum absolute atomic E-state index is 13.6. The van der Waals surface area contributed by atoms with Crippen LogP contribution in [0.15, 0.2) is 18.2 Å². The van der Waals surface area contributed by atoms with Crippen LogP contribution in [-0.2, 0) is 16.0 Å². The molecule has 1 heterocycles. The first-order valence-corrected chi connectivity index (χ1v) is 7.63. The molecule has 0 aromatic heterocycles. The van der Waals surface area contributed by atoms with E-state index in [1.807, 2.05) is 0 Å². The van der Waals surface area contributed by atoms with Crippen LogP contribution in [0.2, 0.25) is 0 Å². The number of carbonyl (C=O) groups is 1. The molecule has 1 aliphatic heterocycles. The molecular formula is C16H22F2N2O2. The van der Waals surface area contributed by atoms with Crippen molar-refractivity contribution in [1.29, 1.82) is 0 Å². The van der Waals surface area contributed by atoms with E-state index in [-0.39, 0.29) is 24.0 Å². The smallest absolute Gasteiger partial charge is 0.227 e. The van der Waals surface area contributed by atoms with Crippen LogP contribution in [0.5, 0.6) is 0 Å². The topological polar surface area (TPSA) is 55.6 Å². The Kier molecular flexibility index (Phi) is 6.27. The van der Waals surface area contributed by atoms with Gasteiger partial charge in [-0.25, -0.2) is 8.78 Å². The number of amides is 1. The molecule has 0 atom stereocenters. The Bertz CT molecular complexity index is 503. The standard InChI is InChI=1S/C16H22F2N2O2/c17-13-2-3-15(18)12(10-13)11-16(21)20-7-4-14(5-8-20)22-9-1-6-19/h2-3,10,14H,1,4-9,11,19H2. The van der Waals surface area contributed by atoms with Crippen molar-refractivity contribution in [2.24, 2.45) is 5.73 Å². The Morgan fingerprint density at radius 2 is 2.05 bits per heavy atom. The molecule has 4 nitrogen and oxygen atoms in total. The SMILES string of the molecule is NCCCOC1CCN(C(=O)Cc2cc(F)ccc2F)CC1. The van der Waals surface area contributed by atoms with Crippen molar-refractivity contribution in [3.05, 3.63) is 35.4 Å². The van der Waals surface area contributed by atoms with E-state index in [1.54, 1.807) is 4.90 Å². The van der Waals surface area contributed by atoms with Crippen molar-refractivity contribution >= 4 is 5.91 Å². The molecule has 6 heteroatoms. The first-order valence-electron chi connectivity index (χ1n) is 7.63. The van der Waals surface area contributed by atoms with Gasteiger partial charge in [0.25, 0.3) is 0 Å². The lowest BCUT2D eigenvalue weighted by Crippen LogP contribution is -2.41. The molecular weight excluding hydrogens is 290 g/mol. The van der Waals surface area contributed by atoms with E-state index in [4.69, 9.17) is 10.5 Å². The van der Waals surface area contributed by atoms with Crippen molar-refractivity contribution in [2.45, 2.75) is 31.8 Å². The van der Waals surface area contributed by atoms with Crippen LogP contribution in [0.3, 0.4) is 0 Å². The number of halogens is 2. The molecule has 1 amide bonds. The second-order valence-corrected chi connectivity index (χ2v) is 5.51. The first kappa shape index (κ1) is 16.8. The van der Waals surface area contributed by atoms with Crippen LogP contribution < -0.4 is 5.73 Å². The van der Waals surface area contributed by atoms with Crippen molar-refractivity contribution < 1.29 is 18.3 Å². The molecule has 1 fully saturated rings. The number of carbonyl (C=O) groups excluding carboxylic acids is 1. The van der Waals surface area contributed by atoms with Crippen LogP contribution in [0.1, 0.15) is 24.8 Å². The molecule has 1 aromatic rings. The fraction of sp³-hybridized carbons (Fsp3) is 0.562. The molecule has 122 valence electrons. The van der Waals surface area contributed by atoms with Gasteiger partial charge >= 0.3 is 0 Å². The highest BCUT2D eigenvalue weighted by atomic mass is 19.1. The van der Waals surface area contributed by atoms with Gasteiger partial charge in [-0.2, -0.15) is 0 Å². The van der Waals surface area contributed by atoms with E-state index in [9.17, 15) is 13.6 Å². The van der Waals surface area contributed by atoms with E-state index in [0.717, 1.165) is 37.5 Å². The first-order chi connectivity index (χ1) is 10.6. The minimum absolute atomic E-state index is 0.103. The molecule has 0 unspecified atom stereocenters. The molecule has 0 saturated carbocycles. The number of rotatable bonds is 6. The fourth-order valence-electron chi connectivity index (χ4n) is 2.56. The molecule has 0 radical (unpaired) electrons. The Morgan fingerprint density at radius 1 is 1.32 bits per heavy atom. The highest BCUT2D eigenvalue weighted by Crippen LogP contribution is 2.17. The maximum Gasteiger partial charge on any atom is 0.227 e. The van der Waals surface area contributed by atoms with E-state index < -0.39 is 11.6 Å². The summed E-state index contributed by atoms with van der Waals surface area (Å²) in [5.41, 5.74) is 5.51. The molecule has 2 rings (SSSR count). The minimum Gasteiger partial charge on any atom is -0.378 e. The zero-order valence-electron chi connectivity index (χ0n) is 12.6. The average Bonchev–Trinajstić information content (AvgIpc) is 2.52. The number of ether oxygens (including phenoxy) is 1. The lowest BCUT2D eigenvalue weighted by molar-refractivity contribution is -0.133. The molecule has 1 aromatic carbocycles. The second-order valence-electron chi connectivity index (χ2n) is 5.51. The fourth-order valence-corrected chi connectivity index (χ4v) is 2.56. The molecule has 1 saturated heterocycles. The summed E-state index contributed by atoms with van der Waals surface area (Å²) in [6.45, 7) is 2.42. The number of hydrogen-bond acceptors (Lipinski definition) is 3. The van der Waals surface area contributed by atoms with Crippen molar-refractivity contribution in [3.63, 3.8) is 0 Å². The van der Waals surface area contributed by atoms with Gasteiger partial charge in [0.1, 0.15) is 11.6 Å². The van der Waals surface area contributed by atoms with Gasteiger partial charge in [-0.1, -0.05) is 0 Å². The Morgan fingerprint density at radius 3 is 2.73 bits per heavy atom. The third-order valence-electron chi connectivity index (χ3n) is 3.85. The summed E-state index contributed by atoms with van der Waals surface area (Å²) in [6.07, 6.45) is 2.41. The van der Waals surface area contributed by atoms with Gasteiger partial charge in [-0.05, 0) is 44.0 Å². The number of likely N-dealkylation sites (tertiary alicyclic amines) is 1. The van der Waals surface area contributed by atoms with Gasteiger partial charge in [-0.15, -0.1) is 0 Å². The summed E-state index contributed by atoms with van der Waals surface area (Å²) in [5, 5.41) is 0. The van der Waals surface area contributed by atoms with Crippen LogP contribution in [-0.4, -0.2) is 43.2 Å². The second kappa shape index (κ2) is 8.19. The van der Waals surface area contributed by atoms with Gasteiger partial charge in [0, 0.05) is 25.3 Å². The molecule has 0 bridgehead atoms. The normalized spacial score (nSPS) is 16.0. The van der Waals surface area contributed by atoms with Crippen molar-refractivity contribution in [3.8, 4) is 0 Å². The van der Waals surface area contributed by atoms with Gasteiger partial charge in [0.05, 0.1) is 12.5 Å². The van der Waals surface area contributed by atoms with Crippen LogP contribution in [0, 0.1) is 11.6 Å². The predicted octanol–water partition coefficient (Wildman–Crippen LogP) is 1.86. The highest BCUT2D eigenvalue weighted by molar-refractivity contribution is 5.78. The molecule has 1 aliphatic rings. The summed E-state index contributed by atoms with van der Waals surface area (Å²) in [4.78, 5) is 13.9. The third-order valence-corrected chi connectivity index (χ3v) is 3.85. The maximum atomic E-state index is 13.6. The Hall–Kier alpha value is -1.53. The van der Waals surface area contributed by atoms with E-state index in [1.165, 1.54) is 0 Å². The summed E-state index contributed by atoms with van der Waals surface area (Å²) >= 11 is 0. The van der Waals surface area contributed by atoms with Crippen LogP contribution in [0.25, 0.3) is 0 Å². The quantitative estimate of drug-likeness (QED) is 0.816. The largest absolute Gasteiger partial charge is 0.378 e. The zero-order valence-corrected chi connectivity index (χ0v) is 12.6. The lowest BCUT2D eigenvalue weighted by Gasteiger charge is -2.32. The number of nitrogens with two attached hydrogens (primary N) is 1. The number of nitrogens with zero attached hydrogens (tertiary/aromatic N) is 1. The van der Waals surface area contributed by atoms with Crippen molar-refractivity contribution in [2.75, 3.05) is 26.2 Å². The van der Waals surface area contributed by atoms with E-state index in [0.29, 0.717) is 26.2 Å². The molecule has 0 spiro atoms. The Labute approximate surface area is 129 Å². The lowest BCUT2D eigenvalue weighted by atomic mass is 10.1. The van der Waals surface area contributed by atoms with E-state index in [2.05, 4.69) is 0 Å². The van der Waals surface area contributed by atoms with E-state index >= 15 is 0 Å². The van der Waals surface area contributed by atoms with Crippen molar-refractivity contribution in [1.82, 2.24) is 4.90 Å². The van der Waals surface area contributed by atoms with Gasteiger partial charge < -0.3 is 15.4 Å². The average molecular weight is 312 g/mol. The Balaban J connectivity index is 1.81. The highest BCUT2D eigenvalue weighted by Gasteiger charge is 2.23. The number of hydrogen-bond donors (Lipinski definition) is 1. The molecule has 22 heavy (non-hydrogen) atoms. The molecule has 0 aliphatic carbocycles. The van der Waals surface area contributed by atoms with Crippen LogP contribution in [0.4, 0.5) is 8.78 Å². The van der Waals surface area contributed by atoms with Gasteiger partial charge in [0.2, 0.25) is 5.91 Å². The van der Waals surface area contributed by atoms with Gasteiger partial charge in [0.15, 0.2) is 0 Å². The minimum atomic E-state index is -0.547. The zero-order chi connectivity index (χ0) is 15.9. The number of piperidine rings is 1. The summed E-state index contributed by atoms with van der Waals surface area (Å²) in [5.74, 6) is -1.25. The summed E-state index contributed by atoms with van der Waals surface area (Å²) in [6, 6.07) is 3.18. The molecule has 2 N–H and O–H groups in total. The monoisotopic (exact) mass is 312 g/mol. The summed E-state index contributed by atoms with van der Waals surface area (Å²) < 4.78 is 32.4. The van der Waals surface area contributed by atoms with Crippen LogP contribution >= 0.6 is 0 Å². The predicted molar refractivity (Wildman–Crippen MR) is 79.3 cm³/mol. The van der Waals surface area contributed by atoms with Gasteiger partial charge in [-0.3, -0.25) is 4.79 Å². The number of benzene rings is 1. The third kappa shape index (κ3) is 4.74. The summed E-state index contributed by atoms with van der Waals surface area (Å²) in [7, 11) is 0.